The van der Waals surface area contributed by atoms with E-state index in [2.05, 4.69) is 41.5 Å². The molecule has 0 aromatic carbocycles. The Kier molecular flexibility index (Phi) is 67.4. The molecule has 0 aliphatic heterocycles. The molecular formula is C77H150O17P2. The number of phosphoric acid groups is 2. The van der Waals surface area contributed by atoms with Gasteiger partial charge < -0.3 is 33.8 Å². The molecular weight excluding hydrogens is 1260 g/mol. The Bertz CT molecular complexity index is 1860. The summed E-state index contributed by atoms with van der Waals surface area (Å²) in [6.07, 6.45) is 56.9. The topological polar surface area (TPSA) is 237 Å². The molecule has 0 aromatic rings. The molecule has 570 valence electrons. The van der Waals surface area contributed by atoms with Crippen molar-refractivity contribution in [2.45, 2.75) is 419 Å². The Hall–Kier alpha value is -1.94. The van der Waals surface area contributed by atoms with E-state index >= 15 is 0 Å². The lowest BCUT2D eigenvalue weighted by molar-refractivity contribution is -0.161. The third-order valence-corrected chi connectivity index (χ3v) is 20.2. The number of ether oxygens (including phenoxy) is 4. The highest BCUT2D eigenvalue weighted by atomic mass is 31.2. The van der Waals surface area contributed by atoms with Crippen LogP contribution in [0.25, 0.3) is 0 Å². The van der Waals surface area contributed by atoms with Gasteiger partial charge in [-0.15, -0.1) is 0 Å². The minimum absolute atomic E-state index is 0.105. The second-order valence-electron chi connectivity index (χ2n) is 28.5. The number of rotatable bonds is 76. The second-order valence-corrected chi connectivity index (χ2v) is 31.4. The van der Waals surface area contributed by atoms with E-state index in [9.17, 15) is 43.2 Å². The summed E-state index contributed by atoms with van der Waals surface area (Å²) >= 11 is 0. The van der Waals surface area contributed by atoms with E-state index in [-0.39, 0.29) is 25.7 Å². The average Bonchev–Trinajstić information content (AvgIpc) is 1.50. The summed E-state index contributed by atoms with van der Waals surface area (Å²) in [4.78, 5) is 72.8. The number of hydrogen-bond acceptors (Lipinski definition) is 15. The van der Waals surface area contributed by atoms with Crippen molar-refractivity contribution in [1.29, 1.82) is 0 Å². The molecule has 0 saturated heterocycles. The van der Waals surface area contributed by atoms with Crippen molar-refractivity contribution in [3.8, 4) is 0 Å². The summed E-state index contributed by atoms with van der Waals surface area (Å²) in [5, 5.41) is 10.6. The van der Waals surface area contributed by atoms with Crippen LogP contribution in [0.3, 0.4) is 0 Å². The normalized spacial score (nSPS) is 14.3. The molecule has 3 N–H and O–H groups in total. The van der Waals surface area contributed by atoms with E-state index in [1.165, 1.54) is 212 Å². The lowest BCUT2D eigenvalue weighted by Crippen LogP contribution is -2.30. The van der Waals surface area contributed by atoms with Gasteiger partial charge in [0.1, 0.15) is 19.3 Å². The van der Waals surface area contributed by atoms with E-state index in [1.807, 2.05) is 0 Å². The minimum atomic E-state index is -4.96. The number of unbranched alkanes of at least 4 members (excludes halogenated alkanes) is 45. The highest BCUT2D eigenvalue weighted by Crippen LogP contribution is 2.45. The van der Waals surface area contributed by atoms with Gasteiger partial charge in [-0.2, -0.15) is 0 Å². The molecule has 0 rings (SSSR count). The largest absolute Gasteiger partial charge is 0.472 e. The Labute approximate surface area is 588 Å². The summed E-state index contributed by atoms with van der Waals surface area (Å²) < 4.78 is 68.6. The Morgan fingerprint density at radius 2 is 0.531 bits per heavy atom. The second kappa shape index (κ2) is 68.8. The molecule has 0 aromatic heterocycles. The monoisotopic (exact) mass is 1410 g/mol. The molecule has 0 aliphatic carbocycles. The van der Waals surface area contributed by atoms with Crippen molar-refractivity contribution in [3.63, 3.8) is 0 Å². The van der Waals surface area contributed by atoms with Crippen LogP contribution in [-0.2, 0) is 65.4 Å². The fraction of sp³-hybridized carbons (Fsp3) is 0.948. The van der Waals surface area contributed by atoms with Crippen molar-refractivity contribution < 1.29 is 80.2 Å². The van der Waals surface area contributed by atoms with E-state index in [4.69, 9.17) is 37.0 Å². The molecule has 6 atom stereocenters. The molecule has 0 bridgehead atoms. The van der Waals surface area contributed by atoms with Crippen LogP contribution >= 0.6 is 15.6 Å². The van der Waals surface area contributed by atoms with E-state index < -0.39 is 97.5 Å². The number of carbonyl (C=O) groups excluding carboxylic acids is 4. The molecule has 0 saturated carbocycles. The molecule has 0 heterocycles. The van der Waals surface area contributed by atoms with Gasteiger partial charge in [0, 0.05) is 25.7 Å². The quantitative estimate of drug-likeness (QED) is 0.0222. The highest BCUT2D eigenvalue weighted by Gasteiger charge is 2.30. The summed E-state index contributed by atoms with van der Waals surface area (Å²) in [6, 6.07) is 0. The zero-order chi connectivity index (χ0) is 70.7. The highest BCUT2D eigenvalue weighted by molar-refractivity contribution is 7.47. The van der Waals surface area contributed by atoms with Crippen LogP contribution < -0.4 is 0 Å². The first-order chi connectivity index (χ1) is 46.4. The number of hydrogen-bond donors (Lipinski definition) is 3. The van der Waals surface area contributed by atoms with Gasteiger partial charge in [0.25, 0.3) is 0 Å². The Morgan fingerprint density at radius 1 is 0.302 bits per heavy atom. The van der Waals surface area contributed by atoms with Crippen molar-refractivity contribution >= 4 is 39.5 Å². The number of phosphoric ester groups is 2. The lowest BCUT2D eigenvalue weighted by Gasteiger charge is -2.21. The molecule has 3 unspecified atom stereocenters. The van der Waals surface area contributed by atoms with Crippen LogP contribution in [0.2, 0.25) is 0 Å². The van der Waals surface area contributed by atoms with Crippen LogP contribution in [0.5, 0.6) is 0 Å². The zero-order valence-corrected chi connectivity index (χ0v) is 64.5. The first-order valence-electron chi connectivity index (χ1n) is 40.0. The smallest absolute Gasteiger partial charge is 0.462 e. The van der Waals surface area contributed by atoms with Crippen LogP contribution in [0.4, 0.5) is 0 Å². The summed E-state index contributed by atoms with van der Waals surface area (Å²) in [5.41, 5.74) is 0. The first kappa shape index (κ1) is 94.1. The molecule has 0 fully saturated rings. The summed E-state index contributed by atoms with van der Waals surface area (Å²) in [7, 11) is -9.91. The van der Waals surface area contributed by atoms with Gasteiger partial charge in [-0.3, -0.25) is 37.3 Å². The van der Waals surface area contributed by atoms with Gasteiger partial charge >= 0.3 is 39.5 Å². The van der Waals surface area contributed by atoms with Crippen LogP contribution in [0.1, 0.15) is 401 Å². The Morgan fingerprint density at radius 3 is 0.792 bits per heavy atom. The molecule has 0 amide bonds. The summed E-state index contributed by atoms with van der Waals surface area (Å²) in [6.45, 7) is 9.54. The van der Waals surface area contributed by atoms with Crippen molar-refractivity contribution in [3.05, 3.63) is 0 Å². The first-order valence-corrected chi connectivity index (χ1v) is 43.0. The predicted molar refractivity (Wildman–Crippen MR) is 391 cm³/mol. The number of esters is 4. The molecule has 0 spiro atoms. The third kappa shape index (κ3) is 69.2. The molecule has 17 nitrogen and oxygen atoms in total. The van der Waals surface area contributed by atoms with E-state index in [0.29, 0.717) is 25.7 Å². The van der Waals surface area contributed by atoms with E-state index in [0.717, 1.165) is 108 Å². The average molecular weight is 1410 g/mol. The van der Waals surface area contributed by atoms with Gasteiger partial charge in [-0.1, -0.05) is 350 Å². The number of aliphatic hydroxyl groups excluding tert-OH is 1. The van der Waals surface area contributed by atoms with Crippen LogP contribution in [0, 0.1) is 11.8 Å². The van der Waals surface area contributed by atoms with Crippen LogP contribution in [0.15, 0.2) is 0 Å². The number of aliphatic hydroxyl groups is 1. The van der Waals surface area contributed by atoms with Gasteiger partial charge in [-0.05, 0) is 37.5 Å². The fourth-order valence-corrected chi connectivity index (χ4v) is 13.4. The van der Waals surface area contributed by atoms with Gasteiger partial charge in [0.15, 0.2) is 12.2 Å². The molecule has 0 radical (unpaired) electrons. The predicted octanol–water partition coefficient (Wildman–Crippen LogP) is 22.7. The van der Waals surface area contributed by atoms with Crippen molar-refractivity contribution in [1.82, 2.24) is 0 Å². The van der Waals surface area contributed by atoms with Gasteiger partial charge in [0.05, 0.1) is 26.4 Å². The van der Waals surface area contributed by atoms with Gasteiger partial charge in [0.2, 0.25) is 0 Å². The van der Waals surface area contributed by atoms with Crippen molar-refractivity contribution in [2.24, 2.45) is 11.8 Å². The van der Waals surface area contributed by atoms with E-state index in [1.54, 1.807) is 0 Å². The maximum absolute atomic E-state index is 13.1. The lowest BCUT2D eigenvalue weighted by atomic mass is 10.00. The zero-order valence-electron chi connectivity index (χ0n) is 62.7. The third-order valence-electron chi connectivity index (χ3n) is 18.3. The van der Waals surface area contributed by atoms with Gasteiger partial charge in [-0.25, -0.2) is 9.13 Å². The Balaban J connectivity index is 5.24. The summed E-state index contributed by atoms with van der Waals surface area (Å²) in [5.74, 6) is -0.648. The maximum atomic E-state index is 13.1. The standard InChI is InChI=1S/C77H150O17P2/c1-7-10-12-14-16-18-20-22-24-26-27-29-31-33-37-41-49-55-61-76(81)93-72(65-87-74(79)59-53-47-40-36-32-30-28-25-23-21-19-17-15-13-11-8-2)67-91-95(83,84)89-63-71(78)64-90-96(85,86)92-68-73(66-88-75(80)60-54-48-44-43-46-52-58-70(6)9-3)94-77(82)62-56-50-42-38-34-35-39-45-51-57-69(4)5/h69-73,78H,7-68H2,1-6H3,(H,83,84)(H,85,86)/t70?,71-,72-,73-/m1/s1. The number of carbonyl (C=O) groups is 4. The minimum Gasteiger partial charge on any atom is -0.462 e. The SMILES string of the molecule is CCCCCCCCCCCCCCCCCCCCC(=O)O[C@H](COC(=O)CCCCCCCCCCCCCCCCCC)COP(=O)(O)OC[C@@H](O)COP(=O)(O)OC[C@@H](COC(=O)CCCCCCCCC(C)CC)OC(=O)CCCCCCCCCCCC(C)C. The molecule has 96 heavy (non-hydrogen) atoms. The van der Waals surface area contributed by atoms with Crippen molar-refractivity contribution in [2.75, 3.05) is 39.6 Å². The molecule has 0 aliphatic rings. The fourth-order valence-electron chi connectivity index (χ4n) is 11.8. The maximum Gasteiger partial charge on any atom is 0.472 e. The van der Waals surface area contributed by atoms with Crippen LogP contribution in [-0.4, -0.2) is 96.7 Å². The molecule has 19 heteroatoms.